The van der Waals surface area contributed by atoms with Crippen molar-refractivity contribution in [1.29, 1.82) is 0 Å². The molecule has 0 aromatic heterocycles. The van der Waals surface area contributed by atoms with E-state index in [9.17, 15) is 18.0 Å². The number of methoxy groups -OCH3 is 1. The molecular weight excluding hydrogens is 574 g/mol. The number of halogens is 1. The highest BCUT2D eigenvalue weighted by atomic mass is 35.5. The van der Waals surface area contributed by atoms with Crippen LogP contribution in [0.3, 0.4) is 0 Å². The standard InChI is InChI=1S/C32H38ClN3O5S/c1-23-9-7-8-10-25(23)21-35(24(2)32(38)34-27-11-5-4-6-12-27)31(37)22-36(28-15-13-26(33)14-16-28)42(39,40)30-19-17-29(41-3)18-20-30/h7-10,13-20,24,27H,4-6,11-12,21-22H2,1-3H3,(H,34,38)/t24-/m0/s1. The second-order valence-corrected chi connectivity index (χ2v) is 12.9. The van der Waals surface area contributed by atoms with E-state index in [2.05, 4.69) is 5.32 Å². The molecule has 0 saturated heterocycles. The topological polar surface area (TPSA) is 96.0 Å². The van der Waals surface area contributed by atoms with Gasteiger partial charge in [-0.3, -0.25) is 13.9 Å². The van der Waals surface area contributed by atoms with E-state index >= 15 is 0 Å². The average Bonchev–Trinajstić information content (AvgIpc) is 3.00. The number of anilines is 1. The number of ether oxygens (including phenoxy) is 1. The van der Waals surface area contributed by atoms with Crippen LogP contribution >= 0.6 is 11.6 Å². The highest BCUT2D eigenvalue weighted by molar-refractivity contribution is 7.92. The molecule has 1 aliphatic rings. The van der Waals surface area contributed by atoms with E-state index in [1.807, 2.05) is 31.2 Å². The molecule has 0 bridgehead atoms. The fourth-order valence-corrected chi connectivity index (χ4v) is 6.67. The molecule has 42 heavy (non-hydrogen) atoms. The van der Waals surface area contributed by atoms with Gasteiger partial charge in [0, 0.05) is 17.6 Å². The first-order valence-corrected chi connectivity index (χ1v) is 16.0. The lowest BCUT2D eigenvalue weighted by Gasteiger charge is -2.33. The molecule has 8 nitrogen and oxygen atoms in total. The Hall–Kier alpha value is -3.56. The number of carbonyl (C=O) groups is 2. The van der Waals surface area contributed by atoms with Gasteiger partial charge in [0.1, 0.15) is 18.3 Å². The molecule has 0 spiro atoms. The van der Waals surface area contributed by atoms with Gasteiger partial charge in [0.2, 0.25) is 11.8 Å². The SMILES string of the molecule is COc1ccc(S(=O)(=O)N(CC(=O)N(Cc2ccccc2C)[C@@H](C)C(=O)NC2CCCCC2)c2ccc(Cl)cc2)cc1. The van der Waals surface area contributed by atoms with E-state index in [-0.39, 0.29) is 29.1 Å². The van der Waals surface area contributed by atoms with Crippen molar-refractivity contribution in [3.05, 3.63) is 88.9 Å². The lowest BCUT2D eigenvalue weighted by atomic mass is 9.95. The van der Waals surface area contributed by atoms with E-state index in [1.165, 1.54) is 24.1 Å². The Balaban J connectivity index is 1.68. The summed E-state index contributed by atoms with van der Waals surface area (Å²) < 4.78 is 34.2. The third-order valence-corrected chi connectivity index (χ3v) is 9.80. The minimum Gasteiger partial charge on any atom is -0.497 e. The van der Waals surface area contributed by atoms with Crippen LogP contribution in [-0.2, 0) is 26.2 Å². The van der Waals surface area contributed by atoms with Gasteiger partial charge in [0.25, 0.3) is 10.0 Å². The molecule has 0 aliphatic heterocycles. The number of hydrogen-bond donors (Lipinski definition) is 1. The minimum absolute atomic E-state index is 0.000376. The fourth-order valence-electron chi connectivity index (χ4n) is 5.13. The van der Waals surface area contributed by atoms with Gasteiger partial charge in [-0.1, -0.05) is 55.1 Å². The van der Waals surface area contributed by atoms with Crippen LogP contribution in [0, 0.1) is 6.92 Å². The van der Waals surface area contributed by atoms with Gasteiger partial charge in [-0.05, 0) is 86.3 Å². The van der Waals surface area contributed by atoms with E-state index in [0.29, 0.717) is 10.8 Å². The predicted molar refractivity (Wildman–Crippen MR) is 165 cm³/mol. The van der Waals surface area contributed by atoms with Gasteiger partial charge in [-0.2, -0.15) is 0 Å². The number of benzene rings is 3. The zero-order valence-electron chi connectivity index (χ0n) is 24.3. The number of hydrogen-bond acceptors (Lipinski definition) is 5. The second kappa shape index (κ2) is 14.1. The summed E-state index contributed by atoms with van der Waals surface area (Å²) in [6.45, 7) is 3.28. The molecule has 3 aromatic carbocycles. The fraction of sp³-hybridized carbons (Fsp3) is 0.375. The minimum atomic E-state index is -4.18. The third kappa shape index (κ3) is 7.63. The maximum atomic E-state index is 14.1. The molecule has 1 saturated carbocycles. The largest absolute Gasteiger partial charge is 0.497 e. The van der Waals surface area contributed by atoms with Crippen molar-refractivity contribution in [2.24, 2.45) is 0 Å². The molecule has 2 amide bonds. The summed E-state index contributed by atoms with van der Waals surface area (Å²) in [5.41, 5.74) is 2.12. The van der Waals surface area contributed by atoms with Crippen molar-refractivity contribution < 1.29 is 22.7 Å². The van der Waals surface area contributed by atoms with Crippen molar-refractivity contribution in [2.75, 3.05) is 18.0 Å². The molecule has 1 fully saturated rings. The summed E-state index contributed by atoms with van der Waals surface area (Å²) in [4.78, 5) is 29.0. The Kier molecular flexibility index (Phi) is 10.5. The molecule has 0 unspecified atom stereocenters. The van der Waals surface area contributed by atoms with Crippen LogP contribution in [0.5, 0.6) is 5.75 Å². The Morgan fingerprint density at radius 3 is 2.24 bits per heavy atom. The Morgan fingerprint density at radius 1 is 0.976 bits per heavy atom. The van der Waals surface area contributed by atoms with Crippen molar-refractivity contribution in [3.63, 3.8) is 0 Å². The number of nitrogens with one attached hydrogen (secondary N) is 1. The molecule has 10 heteroatoms. The van der Waals surface area contributed by atoms with Crippen molar-refractivity contribution in [3.8, 4) is 5.75 Å². The number of sulfonamides is 1. The van der Waals surface area contributed by atoms with Gasteiger partial charge < -0.3 is 15.0 Å². The lowest BCUT2D eigenvalue weighted by Crippen LogP contribution is -2.53. The molecule has 4 rings (SSSR count). The molecule has 224 valence electrons. The quantitative estimate of drug-likeness (QED) is 0.299. The van der Waals surface area contributed by atoms with E-state index in [1.54, 1.807) is 43.3 Å². The average molecular weight is 612 g/mol. The molecule has 1 aliphatic carbocycles. The monoisotopic (exact) mass is 611 g/mol. The van der Waals surface area contributed by atoms with Crippen molar-refractivity contribution >= 4 is 39.1 Å². The Bertz CT molecular complexity index is 1470. The lowest BCUT2D eigenvalue weighted by molar-refractivity contribution is -0.139. The van der Waals surface area contributed by atoms with Gasteiger partial charge in [-0.15, -0.1) is 0 Å². The predicted octanol–water partition coefficient (Wildman–Crippen LogP) is 5.72. The van der Waals surface area contributed by atoms with Crippen LogP contribution in [0.2, 0.25) is 5.02 Å². The summed E-state index contributed by atoms with van der Waals surface area (Å²) in [7, 11) is -2.69. The molecule has 1 atom stereocenters. The molecule has 1 N–H and O–H groups in total. The number of aryl methyl sites for hydroxylation is 1. The Morgan fingerprint density at radius 2 is 1.62 bits per heavy atom. The van der Waals surface area contributed by atoms with E-state index in [0.717, 1.165) is 47.5 Å². The van der Waals surface area contributed by atoms with Crippen LogP contribution in [0.4, 0.5) is 5.69 Å². The number of rotatable bonds is 11. The maximum Gasteiger partial charge on any atom is 0.264 e. The first-order valence-electron chi connectivity index (χ1n) is 14.2. The third-order valence-electron chi connectivity index (χ3n) is 7.76. The smallest absolute Gasteiger partial charge is 0.264 e. The highest BCUT2D eigenvalue weighted by Crippen LogP contribution is 2.27. The van der Waals surface area contributed by atoms with Crippen LogP contribution in [0.15, 0.2) is 77.7 Å². The maximum absolute atomic E-state index is 14.1. The number of amides is 2. The second-order valence-electron chi connectivity index (χ2n) is 10.6. The zero-order chi connectivity index (χ0) is 30.3. The van der Waals surface area contributed by atoms with Gasteiger partial charge in [0.05, 0.1) is 17.7 Å². The summed E-state index contributed by atoms with van der Waals surface area (Å²) in [6.07, 6.45) is 5.10. The Labute approximate surface area is 253 Å². The molecular formula is C32H38ClN3O5S. The number of carbonyl (C=O) groups excluding carboxylic acids is 2. The van der Waals surface area contributed by atoms with Crippen LogP contribution in [0.25, 0.3) is 0 Å². The first-order chi connectivity index (χ1) is 20.1. The van der Waals surface area contributed by atoms with Crippen molar-refractivity contribution in [2.45, 2.75) is 69.5 Å². The molecule has 0 radical (unpaired) electrons. The summed E-state index contributed by atoms with van der Waals surface area (Å²) in [5.74, 6) is -0.248. The van der Waals surface area contributed by atoms with Crippen molar-refractivity contribution in [1.82, 2.24) is 10.2 Å². The van der Waals surface area contributed by atoms with E-state index in [4.69, 9.17) is 16.3 Å². The zero-order valence-corrected chi connectivity index (χ0v) is 25.8. The van der Waals surface area contributed by atoms with Gasteiger partial charge in [0.15, 0.2) is 0 Å². The van der Waals surface area contributed by atoms with Gasteiger partial charge >= 0.3 is 0 Å². The molecule has 3 aromatic rings. The van der Waals surface area contributed by atoms with E-state index < -0.39 is 28.5 Å². The first kappa shape index (κ1) is 31.4. The van der Waals surface area contributed by atoms with Gasteiger partial charge in [-0.25, -0.2) is 8.42 Å². The highest BCUT2D eigenvalue weighted by Gasteiger charge is 2.33. The summed E-state index contributed by atoms with van der Waals surface area (Å²) in [6, 6.07) is 19.1. The number of nitrogens with zero attached hydrogens (tertiary/aromatic N) is 2. The normalized spacial score (nSPS) is 14.6. The summed E-state index contributed by atoms with van der Waals surface area (Å²) >= 11 is 6.10. The van der Waals surface area contributed by atoms with Crippen LogP contribution in [0.1, 0.15) is 50.2 Å². The van der Waals surface area contributed by atoms with Crippen LogP contribution < -0.4 is 14.4 Å². The van der Waals surface area contributed by atoms with Crippen LogP contribution in [-0.4, -0.2) is 50.9 Å². The summed E-state index contributed by atoms with van der Waals surface area (Å²) in [5, 5.41) is 3.55. The molecule has 0 heterocycles.